The van der Waals surface area contributed by atoms with Crippen LogP contribution in [-0.2, 0) is 25.7 Å². The van der Waals surface area contributed by atoms with E-state index in [0.717, 1.165) is 57.7 Å². The summed E-state index contributed by atoms with van der Waals surface area (Å²) in [4.78, 5) is 14.9. The number of rotatable bonds is 5. The highest BCUT2D eigenvalue weighted by Gasteiger charge is 2.40. The van der Waals surface area contributed by atoms with E-state index >= 15 is 0 Å². The van der Waals surface area contributed by atoms with E-state index in [4.69, 9.17) is 14.7 Å². The van der Waals surface area contributed by atoms with Crippen LogP contribution in [0.3, 0.4) is 0 Å². The summed E-state index contributed by atoms with van der Waals surface area (Å²) in [6.07, 6.45) is 9.65. The number of likely N-dealkylation sites (N-methyl/N-ethyl adjacent to an activating group) is 1. The molecule has 2 aliphatic carbocycles. The molecule has 0 saturated carbocycles. The van der Waals surface area contributed by atoms with Crippen LogP contribution in [0.4, 0.5) is 5.82 Å². The summed E-state index contributed by atoms with van der Waals surface area (Å²) < 4.78 is 6.31. The second-order valence-corrected chi connectivity index (χ2v) is 11.4. The standard InChI is InChI=1S/C29H38N6O/c1-34-15-4-7-24(34)20-36-28-32-26-18-29(11-8-21-5-2-3-6-22(21)17-29)12-9-25(26)27(33-28)35-16-14-31-23(19-35)10-13-30/h2-3,5-6,23-24,31H,4,7-12,14-20H2,1H3/t23-,24-,29+/m0/s1. The lowest BCUT2D eigenvalue weighted by atomic mass is 9.63. The molecule has 2 aromatic rings. The fourth-order valence-electron chi connectivity index (χ4n) is 6.91. The molecule has 36 heavy (non-hydrogen) atoms. The Labute approximate surface area is 214 Å². The van der Waals surface area contributed by atoms with Gasteiger partial charge in [0.2, 0.25) is 0 Å². The molecule has 0 radical (unpaired) electrons. The number of aryl methyl sites for hydroxylation is 1. The van der Waals surface area contributed by atoms with Crippen LogP contribution in [0.15, 0.2) is 24.3 Å². The first-order valence-electron chi connectivity index (χ1n) is 13.8. The lowest BCUT2D eigenvalue weighted by Crippen LogP contribution is -2.51. The predicted molar refractivity (Wildman–Crippen MR) is 140 cm³/mol. The minimum Gasteiger partial charge on any atom is -0.462 e. The van der Waals surface area contributed by atoms with E-state index in [-0.39, 0.29) is 11.5 Å². The Balaban J connectivity index is 1.30. The van der Waals surface area contributed by atoms with Gasteiger partial charge in [-0.05, 0) is 81.5 Å². The third-order valence-corrected chi connectivity index (χ3v) is 9.08. The molecular weight excluding hydrogens is 448 g/mol. The van der Waals surface area contributed by atoms with Crippen LogP contribution >= 0.6 is 0 Å². The quantitative estimate of drug-likeness (QED) is 0.695. The number of aromatic nitrogens is 2. The molecule has 6 rings (SSSR count). The second kappa shape index (κ2) is 9.99. The predicted octanol–water partition coefficient (Wildman–Crippen LogP) is 3.31. The zero-order valence-electron chi connectivity index (χ0n) is 21.5. The third-order valence-electron chi connectivity index (χ3n) is 9.08. The topological polar surface area (TPSA) is 77.3 Å². The Morgan fingerprint density at radius 2 is 2.00 bits per heavy atom. The SMILES string of the molecule is CN1CCC[C@H]1COc1nc2c(c(N3CCN[C@@H](CC#N)C3)n1)CC[C@@]1(CCc3ccccc3C1)C2. The van der Waals surface area contributed by atoms with Crippen molar-refractivity contribution in [2.75, 3.05) is 44.7 Å². The summed E-state index contributed by atoms with van der Waals surface area (Å²) in [6, 6.07) is 12.5. The van der Waals surface area contributed by atoms with Gasteiger partial charge in [0.05, 0.1) is 18.2 Å². The number of nitrogens with zero attached hydrogens (tertiary/aromatic N) is 5. The molecule has 190 valence electrons. The molecule has 1 aromatic carbocycles. The molecule has 3 atom stereocenters. The van der Waals surface area contributed by atoms with Gasteiger partial charge in [0, 0.05) is 37.3 Å². The molecule has 1 spiro atoms. The van der Waals surface area contributed by atoms with Crippen LogP contribution in [0, 0.1) is 16.7 Å². The number of fused-ring (bicyclic) bond motifs is 2. The van der Waals surface area contributed by atoms with E-state index < -0.39 is 0 Å². The van der Waals surface area contributed by atoms with Crippen molar-refractivity contribution in [1.29, 1.82) is 5.26 Å². The molecule has 4 aliphatic rings. The van der Waals surface area contributed by atoms with Crippen LogP contribution in [0.5, 0.6) is 6.01 Å². The van der Waals surface area contributed by atoms with E-state index in [0.29, 0.717) is 25.1 Å². The van der Waals surface area contributed by atoms with Gasteiger partial charge in [-0.1, -0.05) is 24.3 Å². The van der Waals surface area contributed by atoms with Gasteiger partial charge < -0.3 is 19.9 Å². The highest BCUT2D eigenvalue weighted by atomic mass is 16.5. The number of benzene rings is 1. The molecule has 7 heteroatoms. The van der Waals surface area contributed by atoms with Crippen LogP contribution in [0.25, 0.3) is 0 Å². The molecular formula is C29H38N6O. The highest BCUT2D eigenvalue weighted by Crippen LogP contribution is 2.46. The van der Waals surface area contributed by atoms with E-state index in [9.17, 15) is 5.26 Å². The van der Waals surface area contributed by atoms with Gasteiger partial charge in [-0.2, -0.15) is 15.2 Å². The Morgan fingerprint density at radius 1 is 1.14 bits per heavy atom. The van der Waals surface area contributed by atoms with Gasteiger partial charge >= 0.3 is 6.01 Å². The molecule has 0 bridgehead atoms. The minimum atomic E-state index is 0.177. The summed E-state index contributed by atoms with van der Waals surface area (Å²) >= 11 is 0. The Morgan fingerprint density at radius 3 is 2.83 bits per heavy atom. The lowest BCUT2D eigenvalue weighted by Gasteiger charge is -2.43. The summed E-state index contributed by atoms with van der Waals surface area (Å²) in [5, 5.41) is 12.8. The Bertz CT molecular complexity index is 1150. The minimum absolute atomic E-state index is 0.177. The van der Waals surface area contributed by atoms with Crippen molar-refractivity contribution in [1.82, 2.24) is 20.2 Å². The normalized spacial score (nSPS) is 27.9. The number of hydrogen-bond acceptors (Lipinski definition) is 7. The van der Waals surface area contributed by atoms with E-state index in [1.807, 2.05) is 0 Å². The zero-order valence-corrected chi connectivity index (χ0v) is 21.5. The molecule has 0 amide bonds. The van der Waals surface area contributed by atoms with Gasteiger partial charge in [0.25, 0.3) is 0 Å². The summed E-state index contributed by atoms with van der Waals surface area (Å²) in [6.45, 7) is 4.35. The van der Waals surface area contributed by atoms with Crippen molar-refractivity contribution < 1.29 is 4.74 Å². The second-order valence-electron chi connectivity index (χ2n) is 11.4. The first kappa shape index (κ1) is 23.7. The van der Waals surface area contributed by atoms with Crippen molar-refractivity contribution in [3.63, 3.8) is 0 Å². The van der Waals surface area contributed by atoms with Crippen molar-refractivity contribution in [2.45, 2.75) is 69.9 Å². The Kier molecular flexibility index (Phi) is 6.57. The number of piperazine rings is 1. The maximum Gasteiger partial charge on any atom is 0.318 e. The van der Waals surface area contributed by atoms with Gasteiger partial charge in [-0.3, -0.25) is 0 Å². The maximum atomic E-state index is 9.26. The van der Waals surface area contributed by atoms with E-state index in [2.05, 4.69) is 52.5 Å². The van der Waals surface area contributed by atoms with Crippen LogP contribution in [0.1, 0.15) is 54.5 Å². The monoisotopic (exact) mass is 486 g/mol. The third kappa shape index (κ3) is 4.69. The number of ether oxygens (including phenoxy) is 1. The summed E-state index contributed by atoms with van der Waals surface area (Å²) in [5.41, 5.74) is 5.82. The van der Waals surface area contributed by atoms with Gasteiger partial charge in [-0.25, -0.2) is 0 Å². The molecule has 2 fully saturated rings. The average molecular weight is 487 g/mol. The van der Waals surface area contributed by atoms with Gasteiger partial charge in [-0.15, -0.1) is 0 Å². The van der Waals surface area contributed by atoms with E-state index in [1.165, 1.54) is 48.1 Å². The molecule has 1 N–H and O–H groups in total. The van der Waals surface area contributed by atoms with Crippen molar-refractivity contribution in [3.05, 3.63) is 46.6 Å². The number of anilines is 1. The van der Waals surface area contributed by atoms with E-state index in [1.54, 1.807) is 0 Å². The fourth-order valence-corrected chi connectivity index (χ4v) is 6.91. The number of nitriles is 1. The summed E-state index contributed by atoms with van der Waals surface area (Å²) in [7, 11) is 2.18. The van der Waals surface area contributed by atoms with Crippen LogP contribution < -0.4 is 15.0 Å². The Hall–Kier alpha value is -2.69. The summed E-state index contributed by atoms with van der Waals surface area (Å²) in [5.74, 6) is 1.05. The molecule has 7 nitrogen and oxygen atoms in total. The average Bonchev–Trinajstić information content (AvgIpc) is 3.31. The smallest absolute Gasteiger partial charge is 0.318 e. The molecule has 1 aromatic heterocycles. The largest absolute Gasteiger partial charge is 0.462 e. The van der Waals surface area contributed by atoms with Crippen LogP contribution in [-0.4, -0.2) is 66.8 Å². The molecule has 2 aliphatic heterocycles. The number of likely N-dealkylation sites (tertiary alicyclic amines) is 1. The zero-order chi connectivity index (χ0) is 24.5. The van der Waals surface area contributed by atoms with Crippen molar-refractivity contribution in [2.24, 2.45) is 5.41 Å². The lowest BCUT2D eigenvalue weighted by molar-refractivity contribution is 0.182. The van der Waals surface area contributed by atoms with Gasteiger partial charge in [0.1, 0.15) is 12.4 Å². The molecule has 3 heterocycles. The first-order chi connectivity index (χ1) is 17.6. The van der Waals surface area contributed by atoms with Crippen molar-refractivity contribution >= 4 is 5.82 Å². The maximum absolute atomic E-state index is 9.26. The first-order valence-corrected chi connectivity index (χ1v) is 13.8. The van der Waals surface area contributed by atoms with Crippen LogP contribution in [0.2, 0.25) is 0 Å². The molecule has 2 saturated heterocycles. The molecule has 0 unspecified atom stereocenters. The van der Waals surface area contributed by atoms with Crippen molar-refractivity contribution in [3.8, 4) is 12.1 Å². The van der Waals surface area contributed by atoms with Gasteiger partial charge in [0.15, 0.2) is 0 Å². The highest BCUT2D eigenvalue weighted by molar-refractivity contribution is 5.52. The number of nitrogens with one attached hydrogen (secondary N) is 1. The fraction of sp³-hybridized carbons (Fsp3) is 0.621. The number of hydrogen-bond donors (Lipinski definition) is 1.